The zero-order valence-electron chi connectivity index (χ0n) is 10.8. The van der Waals surface area contributed by atoms with Gasteiger partial charge >= 0.3 is 6.18 Å². The third kappa shape index (κ3) is 3.86. The van der Waals surface area contributed by atoms with E-state index in [1.54, 1.807) is 0 Å². The molecule has 0 bridgehead atoms. The summed E-state index contributed by atoms with van der Waals surface area (Å²) >= 11 is 5.57. The van der Waals surface area contributed by atoms with Crippen molar-refractivity contribution >= 4 is 21.4 Å². The summed E-state index contributed by atoms with van der Waals surface area (Å²) in [5.41, 5.74) is -1.18. The molecule has 0 N–H and O–H groups in total. The van der Waals surface area contributed by atoms with Gasteiger partial charge in [0.05, 0.1) is 10.6 Å². The molecule has 5 nitrogen and oxygen atoms in total. The lowest BCUT2D eigenvalue weighted by molar-refractivity contribution is -0.137. The molecule has 10 heteroatoms. The molecule has 114 valence electrons. The summed E-state index contributed by atoms with van der Waals surface area (Å²) in [6.07, 6.45) is -3.34. The van der Waals surface area contributed by atoms with Crippen molar-refractivity contribution in [1.29, 1.82) is 5.26 Å². The highest BCUT2D eigenvalue weighted by Gasteiger charge is 2.33. The molecule has 0 radical (unpaired) electrons. The maximum atomic E-state index is 12.5. The molecular weight excluding hydrogens is 331 g/mol. The van der Waals surface area contributed by atoms with Crippen molar-refractivity contribution in [3.8, 4) is 6.07 Å². The highest BCUT2D eigenvalue weighted by molar-refractivity contribution is 7.95. The van der Waals surface area contributed by atoms with Crippen LogP contribution in [0.2, 0.25) is 5.02 Å². The van der Waals surface area contributed by atoms with Gasteiger partial charge in [0.2, 0.25) is 9.84 Å². The molecule has 1 rings (SSSR count). The van der Waals surface area contributed by atoms with Gasteiger partial charge in [-0.25, -0.2) is 13.4 Å². The van der Waals surface area contributed by atoms with E-state index < -0.39 is 36.5 Å². The number of allylic oxidation sites excluding steroid dienone is 1. The standard InChI is InChI=1S/C11H9ClF3N3O2S/c1-18(2)6-8(4-16)21(19,20)10-9(12)3-7(5-17-10)11(13,14)15/h3,5-6H,1-2H3. The Bertz CT molecular complexity index is 721. The number of halogens is 4. The summed E-state index contributed by atoms with van der Waals surface area (Å²) in [6, 6.07) is 1.91. The zero-order chi connectivity index (χ0) is 16.4. The van der Waals surface area contributed by atoms with Gasteiger partial charge in [-0.2, -0.15) is 18.4 Å². The van der Waals surface area contributed by atoms with Crippen LogP contribution in [0.1, 0.15) is 5.56 Å². The van der Waals surface area contributed by atoms with Crippen LogP contribution in [-0.4, -0.2) is 32.4 Å². The molecule has 0 atom stereocenters. The second-order valence-electron chi connectivity index (χ2n) is 4.08. The molecule has 0 aliphatic carbocycles. The molecule has 0 saturated heterocycles. The Kier molecular flexibility index (Phi) is 4.86. The third-order valence-electron chi connectivity index (χ3n) is 2.16. The van der Waals surface area contributed by atoms with E-state index in [4.69, 9.17) is 16.9 Å². The summed E-state index contributed by atoms with van der Waals surface area (Å²) in [6.45, 7) is 0. The van der Waals surface area contributed by atoms with Gasteiger partial charge in [-0.3, -0.25) is 0 Å². The van der Waals surface area contributed by atoms with Crippen molar-refractivity contribution in [3.05, 3.63) is 34.0 Å². The number of aromatic nitrogens is 1. The first-order chi connectivity index (χ1) is 9.50. The number of hydrogen-bond acceptors (Lipinski definition) is 5. The van der Waals surface area contributed by atoms with Gasteiger partial charge in [-0.05, 0) is 6.07 Å². The minimum atomic E-state index is -4.70. The molecule has 21 heavy (non-hydrogen) atoms. The lowest BCUT2D eigenvalue weighted by Gasteiger charge is -2.10. The van der Waals surface area contributed by atoms with Crippen molar-refractivity contribution in [2.45, 2.75) is 11.2 Å². The van der Waals surface area contributed by atoms with Crippen molar-refractivity contribution < 1.29 is 21.6 Å². The fourth-order valence-electron chi connectivity index (χ4n) is 1.28. The van der Waals surface area contributed by atoms with E-state index in [2.05, 4.69) is 4.98 Å². The van der Waals surface area contributed by atoms with Gasteiger partial charge < -0.3 is 4.90 Å². The van der Waals surface area contributed by atoms with Crippen LogP contribution in [-0.2, 0) is 16.0 Å². The summed E-state index contributed by atoms with van der Waals surface area (Å²) in [4.78, 5) is 3.86. The van der Waals surface area contributed by atoms with Gasteiger partial charge in [-0.1, -0.05) is 11.6 Å². The highest BCUT2D eigenvalue weighted by atomic mass is 35.5. The highest BCUT2D eigenvalue weighted by Crippen LogP contribution is 2.33. The Morgan fingerprint density at radius 2 is 2.05 bits per heavy atom. The fraction of sp³-hybridized carbons (Fsp3) is 0.273. The van der Waals surface area contributed by atoms with E-state index in [1.165, 1.54) is 25.1 Å². The molecule has 0 saturated carbocycles. The fourth-order valence-corrected chi connectivity index (χ4v) is 2.93. The van der Waals surface area contributed by atoms with Crippen LogP contribution >= 0.6 is 11.6 Å². The first kappa shape index (κ1) is 17.3. The molecule has 0 amide bonds. The summed E-state index contributed by atoms with van der Waals surface area (Å²) in [7, 11) is -1.43. The average Bonchev–Trinajstić information content (AvgIpc) is 2.33. The molecular formula is C11H9ClF3N3O2S. The van der Waals surface area contributed by atoms with E-state index in [0.717, 1.165) is 6.20 Å². The van der Waals surface area contributed by atoms with Gasteiger partial charge in [0.15, 0.2) is 9.93 Å². The Balaban J connectivity index is 3.45. The Morgan fingerprint density at radius 3 is 2.43 bits per heavy atom. The number of nitriles is 1. The molecule has 0 unspecified atom stereocenters. The third-order valence-corrected chi connectivity index (χ3v) is 4.17. The first-order valence-electron chi connectivity index (χ1n) is 5.26. The second kappa shape index (κ2) is 5.91. The monoisotopic (exact) mass is 339 g/mol. The van der Waals surface area contributed by atoms with Crippen LogP contribution in [0.15, 0.2) is 28.4 Å². The Morgan fingerprint density at radius 1 is 1.48 bits per heavy atom. The van der Waals surface area contributed by atoms with Crippen LogP contribution in [0.4, 0.5) is 13.2 Å². The maximum absolute atomic E-state index is 12.5. The molecule has 1 heterocycles. The van der Waals surface area contributed by atoms with E-state index in [1.807, 2.05) is 0 Å². The normalized spacial score (nSPS) is 12.9. The molecule has 0 aliphatic rings. The Labute approximate surface area is 124 Å². The van der Waals surface area contributed by atoms with Gasteiger partial charge in [0, 0.05) is 26.5 Å². The maximum Gasteiger partial charge on any atom is 0.417 e. The SMILES string of the molecule is CN(C)C=C(C#N)S(=O)(=O)c1ncc(C(F)(F)F)cc1Cl. The number of hydrogen-bond donors (Lipinski definition) is 0. The number of pyridine rings is 1. The first-order valence-corrected chi connectivity index (χ1v) is 7.12. The minimum Gasteiger partial charge on any atom is -0.382 e. The van der Waals surface area contributed by atoms with Crippen LogP contribution in [0.25, 0.3) is 0 Å². The molecule has 0 fully saturated rings. The lowest BCUT2D eigenvalue weighted by atomic mass is 10.3. The summed E-state index contributed by atoms with van der Waals surface area (Å²) in [5.74, 6) is 0. The predicted molar refractivity (Wildman–Crippen MR) is 68.8 cm³/mol. The van der Waals surface area contributed by atoms with E-state index >= 15 is 0 Å². The summed E-state index contributed by atoms with van der Waals surface area (Å²) < 4.78 is 61.7. The van der Waals surface area contributed by atoms with Gasteiger partial charge in [-0.15, -0.1) is 0 Å². The molecule has 0 aliphatic heterocycles. The van der Waals surface area contributed by atoms with Crippen molar-refractivity contribution in [1.82, 2.24) is 9.88 Å². The molecule has 1 aromatic heterocycles. The molecule has 0 spiro atoms. The largest absolute Gasteiger partial charge is 0.417 e. The van der Waals surface area contributed by atoms with Crippen LogP contribution in [0, 0.1) is 11.3 Å². The van der Waals surface area contributed by atoms with E-state index in [9.17, 15) is 21.6 Å². The van der Waals surface area contributed by atoms with E-state index in [0.29, 0.717) is 12.3 Å². The Hall–Kier alpha value is -1.79. The smallest absolute Gasteiger partial charge is 0.382 e. The van der Waals surface area contributed by atoms with Crippen LogP contribution < -0.4 is 0 Å². The average molecular weight is 340 g/mol. The van der Waals surface area contributed by atoms with Crippen molar-refractivity contribution in [2.75, 3.05) is 14.1 Å². The van der Waals surface area contributed by atoms with E-state index in [-0.39, 0.29) is 0 Å². The van der Waals surface area contributed by atoms with Crippen LogP contribution in [0.3, 0.4) is 0 Å². The number of sulfone groups is 1. The van der Waals surface area contributed by atoms with Gasteiger partial charge in [0.25, 0.3) is 0 Å². The van der Waals surface area contributed by atoms with Gasteiger partial charge in [0.1, 0.15) is 6.07 Å². The summed E-state index contributed by atoms with van der Waals surface area (Å²) in [5, 5.41) is 7.37. The number of rotatable bonds is 3. The zero-order valence-corrected chi connectivity index (χ0v) is 12.4. The number of alkyl halides is 3. The topological polar surface area (TPSA) is 74.1 Å². The molecule has 0 aromatic carbocycles. The van der Waals surface area contributed by atoms with Crippen molar-refractivity contribution in [2.24, 2.45) is 0 Å². The van der Waals surface area contributed by atoms with Crippen molar-refractivity contribution in [3.63, 3.8) is 0 Å². The predicted octanol–water partition coefficient (Wildman–Crippen LogP) is 2.45. The van der Waals surface area contributed by atoms with Crippen LogP contribution in [0.5, 0.6) is 0 Å². The number of nitrogens with zero attached hydrogens (tertiary/aromatic N) is 3. The minimum absolute atomic E-state index is 0.351. The quantitative estimate of drug-likeness (QED) is 0.791. The lowest BCUT2D eigenvalue weighted by Crippen LogP contribution is -2.13. The second-order valence-corrected chi connectivity index (χ2v) is 6.32. The molecule has 1 aromatic rings.